The van der Waals surface area contributed by atoms with Crippen molar-refractivity contribution in [2.75, 3.05) is 20.8 Å². The predicted octanol–water partition coefficient (Wildman–Crippen LogP) is -0.174. The van der Waals surface area contributed by atoms with Crippen LogP contribution in [0, 0.1) is 5.92 Å². The molecule has 1 unspecified atom stereocenters. The fourth-order valence-corrected chi connectivity index (χ4v) is 1.46. The Bertz CT molecular complexity index is 295. The molecule has 0 amide bonds. The number of allylic oxidation sites excluding steroid dienone is 1. The van der Waals surface area contributed by atoms with E-state index in [0.29, 0.717) is 17.8 Å². The summed E-state index contributed by atoms with van der Waals surface area (Å²) in [5.41, 5.74) is 1.03. The average molecular weight is 199 g/mol. The minimum atomic E-state index is -0.549. The first-order valence-electron chi connectivity index (χ1n) is 4.22. The molecule has 1 atom stereocenters. The Morgan fingerprint density at radius 1 is 1.36 bits per heavy atom. The zero-order valence-electron chi connectivity index (χ0n) is 8.42. The molecule has 5 heteroatoms. The number of carbonyl (C=O) groups is 2. The summed E-state index contributed by atoms with van der Waals surface area (Å²) in [6.45, 7) is 2.12. The molecule has 0 bridgehead atoms. The first kappa shape index (κ1) is 10.6. The van der Waals surface area contributed by atoms with Gasteiger partial charge in [-0.15, -0.1) is 0 Å². The third kappa shape index (κ3) is 1.71. The standard InChI is InChI=1S/C9H13NO4/c1-5-7(9(12)14-3)6(4-10-5)8(11)13-2/h6,10H,4H2,1-3H3. The van der Waals surface area contributed by atoms with Crippen molar-refractivity contribution in [2.45, 2.75) is 6.92 Å². The summed E-state index contributed by atoms with van der Waals surface area (Å²) < 4.78 is 9.17. The van der Waals surface area contributed by atoms with Crippen LogP contribution >= 0.6 is 0 Å². The number of carbonyl (C=O) groups excluding carboxylic acids is 2. The molecule has 1 heterocycles. The lowest BCUT2D eigenvalue weighted by Crippen LogP contribution is -2.25. The van der Waals surface area contributed by atoms with Crippen LogP contribution in [0.2, 0.25) is 0 Å². The summed E-state index contributed by atoms with van der Waals surface area (Å²) in [6.07, 6.45) is 0. The normalized spacial score (nSPS) is 20.4. The molecule has 0 aromatic carbocycles. The van der Waals surface area contributed by atoms with Crippen LogP contribution in [-0.2, 0) is 19.1 Å². The summed E-state index contributed by atoms with van der Waals surface area (Å²) in [7, 11) is 2.58. The van der Waals surface area contributed by atoms with Crippen LogP contribution in [0.3, 0.4) is 0 Å². The van der Waals surface area contributed by atoms with Crippen LogP contribution in [0.1, 0.15) is 6.92 Å². The second-order valence-corrected chi connectivity index (χ2v) is 2.99. The highest BCUT2D eigenvalue weighted by atomic mass is 16.5. The minimum absolute atomic E-state index is 0.361. The van der Waals surface area contributed by atoms with Crippen molar-refractivity contribution in [1.82, 2.24) is 5.32 Å². The van der Waals surface area contributed by atoms with Gasteiger partial charge in [-0.2, -0.15) is 0 Å². The summed E-state index contributed by atoms with van der Waals surface area (Å²) >= 11 is 0. The highest BCUT2D eigenvalue weighted by molar-refractivity contribution is 5.97. The largest absolute Gasteiger partial charge is 0.468 e. The predicted molar refractivity (Wildman–Crippen MR) is 48.2 cm³/mol. The van der Waals surface area contributed by atoms with E-state index in [0.717, 1.165) is 0 Å². The number of rotatable bonds is 2. The Morgan fingerprint density at radius 2 is 2.00 bits per heavy atom. The Morgan fingerprint density at radius 3 is 2.50 bits per heavy atom. The van der Waals surface area contributed by atoms with Gasteiger partial charge in [0.1, 0.15) is 5.92 Å². The second-order valence-electron chi connectivity index (χ2n) is 2.99. The summed E-state index contributed by atoms with van der Waals surface area (Å²) in [4.78, 5) is 22.6. The van der Waals surface area contributed by atoms with Crippen LogP contribution in [-0.4, -0.2) is 32.7 Å². The average Bonchev–Trinajstić information content (AvgIpc) is 2.58. The van der Waals surface area contributed by atoms with Crippen LogP contribution in [0.4, 0.5) is 0 Å². The molecule has 1 N–H and O–H groups in total. The maximum Gasteiger partial charge on any atom is 0.336 e. The highest BCUT2D eigenvalue weighted by Crippen LogP contribution is 2.22. The van der Waals surface area contributed by atoms with Gasteiger partial charge in [-0.05, 0) is 6.92 Å². The summed E-state index contributed by atoms with van der Waals surface area (Å²) in [6, 6.07) is 0. The first-order valence-corrected chi connectivity index (χ1v) is 4.22. The Kier molecular flexibility index (Phi) is 3.11. The quantitative estimate of drug-likeness (QED) is 0.625. The van der Waals surface area contributed by atoms with Crippen molar-refractivity contribution in [3.8, 4) is 0 Å². The highest BCUT2D eigenvalue weighted by Gasteiger charge is 2.35. The molecule has 0 fully saturated rings. The van der Waals surface area contributed by atoms with Crippen molar-refractivity contribution >= 4 is 11.9 Å². The number of ether oxygens (including phenoxy) is 2. The molecular formula is C9H13NO4. The van der Waals surface area contributed by atoms with Crippen molar-refractivity contribution in [1.29, 1.82) is 0 Å². The number of esters is 2. The van der Waals surface area contributed by atoms with Crippen molar-refractivity contribution < 1.29 is 19.1 Å². The molecule has 78 valence electrons. The van der Waals surface area contributed by atoms with E-state index in [-0.39, 0.29) is 0 Å². The van der Waals surface area contributed by atoms with E-state index < -0.39 is 17.9 Å². The molecule has 0 aromatic heterocycles. The fraction of sp³-hybridized carbons (Fsp3) is 0.556. The van der Waals surface area contributed by atoms with Crippen LogP contribution in [0.5, 0.6) is 0 Å². The SMILES string of the molecule is COC(=O)C1=C(C)NCC1C(=O)OC. The number of methoxy groups -OCH3 is 2. The topological polar surface area (TPSA) is 64.6 Å². The van der Waals surface area contributed by atoms with Crippen LogP contribution < -0.4 is 5.32 Å². The molecule has 0 aliphatic carbocycles. The van der Waals surface area contributed by atoms with Crippen LogP contribution in [0.15, 0.2) is 11.3 Å². The maximum absolute atomic E-state index is 11.3. The van der Waals surface area contributed by atoms with Gasteiger partial charge in [0.25, 0.3) is 0 Å². The zero-order chi connectivity index (χ0) is 10.7. The summed E-state index contributed by atoms with van der Waals surface area (Å²) in [5, 5.41) is 2.93. The van der Waals surface area contributed by atoms with Gasteiger partial charge in [-0.25, -0.2) is 4.79 Å². The number of hydrogen-bond donors (Lipinski definition) is 1. The van der Waals surface area contributed by atoms with E-state index in [1.165, 1.54) is 14.2 Å². The lowest BCUT2D eigenvalue weighted by Gasteiger charge is -2.09. The van der Waals surface area contributed by atoms with E-state index in [9.17, 15) is 9.59 Å². The van der Waals surface area contributed by atoms with Crippen molar-refractivity contribution in [2.24, 2.45) is 5.92 Å². The first-order chi connectivity index (χ1) is 6.61. The lowest BCUT2D eigenvalue weighted by atomic mass is 10.0. The molecule has 1 rings (SSSR count). The van der Waals surface area contributed by atoms with Gasteiger partial charge in [0, 0.05) is 12.2 Å². The maximum atomic E-state index is 11.3. The van der Waals surface area contributed by atoms with Gasteiger partial charge >= 0.3 is 11.9 Å². The Balaban J connectivity index is 2.91. The van der Waals surface area contributed by atoms with Gasteiger partial charge in [0.05, 0.1) is 19.8 Å². The smallest absolute Gasteiger partial charge is 0.336 e. The molecular weight excluding hydrogens is 186 g/mol. The van der Waals surface area contributed by atoms with Crippen molar-refractivity contribution in [3.63, 3.8) is 0 Å². The minimum Gasteiger partial charge on any atom is -0.468 e. The third-order valence-corrected chi connectivity index (χ3v) is 2.21. The molecule has 0 saturated heterocycles. The fourth-order valence-electron chi connectivity index (χ4n) is 1.46. The molecule has 1 aliphatic rings. The van der Waals surface area contributed by atoms with E-state index in [1.54, 1.807) is 6.92 Å². The molecule has 14 heavy (non-hydrogen) atoms. The molecule has 0 spiro atoms. The molecule has 1 aliphatic heterocycles. The van der Waals surface area contributed by atoms with Gasteiger partial charge in [0.15, 0.2) is 0 Å². The number of nitrogens with one attached hydrogen (secondary N) is 1. The van der Waals surface area contributed by atoms with E-state index in [2.05, 4.69) is 14.8 Å². The van der Waals surface area contributed by atoms with E-state index in [1.807, 2.05) is 0 Å². The molecule has 0 aromatic rings. The molecule has 5 nitrogen and oxygen atoms in total. The Hall–Kier alpha value is -1.52. The lowest BCUT2D eigenvalue weighted by molar-refractivity contribution is -0.146. The van der Waals surface area contributed by atoms with E-state index >= 15 is 0 Å². The summed E-state index contributed by atoms with van der Waals surface area (Å²) in [5.74, 6) is -1.45. The van der Waals surface area contributed by atoms with Crippen LogP contribution in [0.25, 0.3) is 0 Å². The number of hydrogen-bond acceptors (Lipinski definition) is 5. The van der Waals surface area contributed by atoms with Gasteiger partial charge in [-0.1, -0.05) is 0 Å². The second kappa shape index (κ2) is 4.13. The third-order valence-electron chi connectivity index (χ3n) is 2.21. The monoisotopic (exact) mass is 199 g/mol. The Labute approximate surface area is 82.1 Å². The van der Waals surface area contributed by atoms with Gasteiger partial charge in [0.2, 0.25) is 0 Å². The molecule has 0 radical (unpaired) electrons. The zero-order valence-corrected chi connectivity index (χ0v) is 8.42. The molecule has 0 saturated carbocycles. The van der Waals surface area contributed by atoms with Gasteiger partial charge < -0.3 is 14.8 Å². The van der Waals surface area contributed by atoms with E-state index in [4.69, 9.17) is 0 Å². The van der Waals surface area contributed by atoms with Crippen molar-refractivity contribution in [3.05, 3.63) is 11.3 Å². The van der Waals surface area contributed by atoms with Gasteiger partial charge in [-0.3, -0.25) is 4.79 Å².